The lowest BCUT2D eigenvalue weighted by Gasteiger charge is -2.36. The third-order valence-electron chi connectivity index (χ3n) is 6.02. The molecule has 6 heteroatoms. The number of aromatic nitrogens is 1. The van der Waals surface area contributed by atoms with Crippen molar-refractivity contribution in [2.75, 3.05) is 31.1 Å². The standard InChI is InChI=1S/C24H22ClN3OS/c1-15-6-5-9-20(16(15)2)27-10-12-28(13-11-27)24(29)21-14-18-22(30-21)17-7-3-4-8-19(17)26-23(18)25/h3-9,14H,10-13H2,1-2H3. The van der Waals surface area contributed by atoms with Crippen molar-refractivity contribution in [1.82, 2.24) is 9.88 Å². The Morgan fingerprint density at radius 1 is 1.00 bits per heavy atom. The van der Waals surface area contributed by atoms with Crippen LogP contribution in [0.4, 0.5) is 5.69 Å². The van der Waals surface area contributed by atoms with E-state index in [0.717, 1.165) is 39.0 Å². The second-order valence-electron chi connectivity index (χ2n) is 7.77. The number of hydrogen-bond acceptors (Lipinski definition) is 4. The van der Waals surface area contributed by atoms with Crippen molar-refractivity contribution in [3.05, 3.63) is 69.7 Å². The van der Waals surface area contributed by atoms with Gasteiger partial charge in [0, 0.05) is 47.3 Å². The number of piperazine rings is 1. The lowest BCUT2D eigenvalue weighted by atomic mass is 10.1. The fourth-order valence-electron chi connectivity index (χ4n) is 4.16. The van der Waals surface area contributed by atoms with Crippen LogP contribution in [-0.2, 0) is 0 Å². The third-order valence-corrected chi connectivity index (χ3v) is 7.46. The molecule has 1 aliphatic heterocycles. The van der Waals surface area contributed by atoms with Crippen molar-refractivity contribution in [1.29, 1.82) is 0 Å². The SMILES string of the molecule is Cc1cccc(N2CCN(C(=O)c3cc4c(Cl)nc5ccccc5c4s3)CC2)c1C. The van der Waals surface area contributed by atoms with Crippen LogP contribution in [-0.4, -0.2) is 42.0 Å². The van der Waals surface area contributed by atoms with Gasteiger partial charge in [-0.15, -0.1) is 11.3 Å². The maximum atomic E-state index is 13.2. The zero-order valence-corrected chi connectivity index (χ0v) is 18.6. The van der Waals surface area contributed by atoms with Gasteiger partial charge in [0.1, 0.15) is 5.15 Å². The highest BCUT2D eigenvalue weighted by atomic mass is 35.5. The highest BCUT2D eigenvalue weighted by Crippen LogP contribution is 2.36. The van der Waals surface area contributed by atoms with Crippen molar-refractivity contribution in [2.24, 2.45) is 0 Å². The van der Waals surface area contributed by atoms with E-state index in [1.807, 2.05) is 35.2 Å². The fourth-order valence-corrected chi connectivity index (χ4v) is 5.62. The van der Waals surface area contributed by atoms with Crippen molar-refractivity contribution >= 4 is 55.5 Å². The van der Waals surface area contributed by atoms with Crippen LogP contribution < -0.4 is 4.90 Å². The summed E-state index contributed by atoms with van der Waals surface area (Å²) in [5.74, 6) is 0.0805. The Kier molecular flexibility index (Phi) is 4.88. The Bertz CT molecular complexity index is 1270. The van der Waals surface area contributed by atoms with Gasteiger partial charge in [-0.1, -0.05) is 41.9 Å². The number of nitrogens with zero attached hydrogens (tertiary/aromatic N) is 3. The average Bonchev–Trinajstić information content (AvgIpc) is 3.22. The smallest absolute Gasteiger partial charge is 0.264 e. The summed E-state index contributed by atoms with van der Waals surface area (Å²) in [5.41, 5.74) is 4.75. The molecule has 0 spiro atoms. The van der Waals surface area contributed by atoms with Crippen molar-refractivity contribution < 1.29 is 4.79 Å². The summed E-state index contributed by atoms with van der Waals surface area (Å²) in [4.78, 5) is 22.8. The normalized spacial score (nSPS) is 14.6. The first-order valence-electron chi connectivity index (χ1n) is 10.1. The first-order valence-corrected chi connectivity index (χ1v) is 11.3. The van der Waals surface area contributed by atoms with Gasteiger partial charge in [0.25, 0.3) is 5.91 Å². The fraction of sp³-hybridized carbons (Fsp3) is 0.250. The molecule has 2 aromatic carbocycles. The summed E-state index contributed by atoms with van der Waals surface area (Å²) in [5, 5.41) is 2.36. The van der Waals surface area contributed by atoms with Crippen molar-refractivity contribution in [3.8, 4) is 0 Å². The molecule has 1 saturated heterocycles. The van der Waals surface area contributed by atoms with Crippen LogP contribution in [0.2, 0.25) is 5.15 Å². The van der Waals surface area contributed by atoms with E-state index in [1.54, 1.807) is 0 Å². The second kappa shape index (κ2) is 7.56. The zero-order valence-electron chi connectivity index (χ0n) is 17.0. The maximum absolute atomic E-state index is 13.2. The molecule has 1 amide bonds. The summed E-state index contributed by atoms with van der Waals surface area (Å²) in [7, 11) is 0. The number of carbonyl (C=O) groups is 1. The van der Waals surface area contributed by atoms with Crippen LogP contribution in [0.15, 0.2) is 48.5 Å². The molecule has 0 N–H and O–H groups in total. The molecule has 1 fully saturated rings. The molecule has 4 aromatic rings. The zero-order chi connectivity index (χ0) is 20.8. The molecule has 30 heavy (non-hydrogen) atoms. The van der Waals surface area contributed by atoms with Crippen LogP contribution in [0.3, 0.4) is 0 Å². The summed E-state index contributed by atoms with van der Waals surface area (Å²) in [6.45, 7) is 7.42. The number of benzene rings is 2. The maximum Gasteiger partial charge on any atom is 0.264 e. The Labute approximate surface area is 184 Å². The van der Waals surface area contributed by atoms with Gasteiger partial charge in [0.15, 0.2) is 0 Å². The van der Waals surface area contributed by atoms with E-state index in [2.05, 4.69) is 41.9 Å². The number of thiophene rings is 1. The molecule has 2 aromatic heterocycles. The van der Waals surface area contributed by atoms with Crippen LogP contribution in [0.1, 0.15) is 20.8 Å². The molecule has 0 atom stereocenters. The van der Waals surface area contributed by atoms with Crippen LogP contribution in [0.25, 0.3) is 21.0 Å². The molecule has 152 valence electrons. The van der Waals surface area contributed by atoms with E-state index < -0.39 is 0 Å². The van der Waals surface area contributed by atoms with Gasteiger partial charge in [-0.3, -0.25) is 4.79 Å². The van der Waals surface area contributed by atoms with Crippen molar-refractivity contribution in [2.45, 2.75) is 13.8 Å². The van der Waals surface area contributed by atoms with Crippen LogP contribution in [0.5, 0.6) is 0 Å². The minimum Gasteiger partial charge on any atom is -0.368 e. The lowest BCUT2D eigenvalue weighted by molar-refractivity contribution is 0.0751. The van der Waals surface area contributed by atoms with Gasteiger partial charge in [-0.2, -0.15) is 0 Å². The van der Waals surface area contributed by atoms with Gasteiger partial charge in [-0.05, 0) is 43.2 Å². The summed E-state index contributed by atoms with van der Waals surface area (Å²) in [6, 6.07) is 16.3. The quantitative estimate of drug-likeness (QED) is 0.380. The van der Waals surface area contributed by atoms with Crippen LogP contribution in [0, 0.1) is 13.8 Å². The van der Waals surface area contributed by atoms with Gasteiger partial charge in [-0.25, -0.2) is 4.98 Å². The first-order chi connectivity index (χ1) is 14.5. The third kappa shape index (κ3) is 3.22. The molecule has 0 saturated carbocycles. The van der Waals surface area contributed by atoms with E-state index in [1.165, 1.54) is 28.2 Å². The number of hydrogen-bond donors (Lipinski definition) is 0. The highest BCUT2D eigenvalue weighted by molar-refractivity contribution is 7.21. The summed E-state index contributed by atoms with van der Waals surface area (Å²) < 4.78 is 1.03. The van der Waals surface area contributed by atoms with Gasteiger partial charge in [0.05, 0.1) is 10.4 Å². The Morgan fingerprint density at radius 3 is 2.57 bits per heavy atom. The monoisotopic (exact) mass is 435 g/mol. The van der Waals surface area contributed by atoms with Crippen LogP contribution >= 0.6 is 22.9 Å². The molecular weight excluding hydrogens is 414 g/mol. The number of fused-ring (bicyclic) bond motifs is 3. The molecule has 5 rings (SSSR count). The second-order valence-corrected chi connectivity index (χ2v) is 9.18. The molecule has 0 unspecified atom stereocenters. The highest BCUT2D eigenvalue weighted by Gasteiger charge is 2.25. The minimum atomic E-state index is 0.0805. The number of aryl methyl sites for hydroxylation is 1. The van der Waals surface area contributed by atoms with Gasteiger partial charge < -0.3 is 9.80 Å². The largest absolute Gasteiger partial charge is 0.368 e. The topological polar surface area (TPSA) is 36.4 Å². The number of carbonyl (C=O) groups excluding carboxylic acids is 1. The Balaban J connectivity index is 1.39. The van der Waals surface area contributed by atoms with Crippen molar-refractivity contribution in [3.63, 3.8) is 0 Å². The number of amides is 1. The van der Waals surface area contributed by atoms with Gasteiger partial charge in [0.2, 0.25) is 0 Å². The van der Waals surface area contributed by atoms with E-state index >= 15 is 0 Å². The molecular formula is C24H22ClN3OS. The van der Waals surface area contributed by atoms with E-state index in [4.69, 9.17) is 11.6 Å². The first kappa shape index (κ1) is 19.3. The average molecular weight is 436 g/mol. The van der Waals surface area contributed by atoms with E-state index in [9.17, 15) is 4.79 Å². The molecule has 3 heterocycles. The molecule has 4 nitrogen and oxygen atoms in total. The predicted molar refractivity (Wildman–Crippen MR) is 126 cm³/mol. The number of pyridine rings is 1. The van der Waals surface area contributed by atoms with E-state index in [-0.39, 0.29) is 5.91 Å². The summed E-state index contributed by atoms with van der Waals surface area (Å²) >= 11 is 7.93. The number of halogens is 1. The Hall–Kier alpha value is -2.63. The van der Waals surface area contributed by atoms with Gasteiger partial charge >= 0.3 is 0 Å². The number of para-hydroxylation sites is 1. The number of anilines is 1. The summed E-state index contributed by atoms with van der Waals surface area (Å²) in [6.07, 6.45) is 0. The lowest BCUT2D eigenvalue weighted by Crippen LogP contribution is -2.48. The molecule has 0 bridgehead atoms. The number of rotatable bonds is 2. The van der Waals surface area contributed by atoms with E-state index in [0.29, 0.717) is 18.2 Å². The minimum absolute atomic E-state index is 0.0805. The molecule has 0 aliphatic carbocycles. The molecule has 0 radical (unpaired) electrons. The Morgan fingerprint density at radius 2 is 1.77 bits per heavy atom. The molecule has 1 aliphatic rings. The predicted octanol–water partition coefficient (Wildman–Crippen LogP) is 5.68.